The first-order valence-electron chi connectivity index (χ1n) is 9.07. The molecule has 0 fully saturated rings. The predicted molar refractivity (Wildman–Crippen MR) is 119 cm³/mol. The molecule has 0 radical (unpaired) electrons. The van der Waals surface area contributed by atoms with E-state index in [0.29, 0.717) is 21.2 Å². The maximum absolute atomic E-state index is 12.4. The molecule has 1 aromatic heterocycles. The number of benzene rings is 2. The van der Waals surface area contributed by atoms with Crippen molar-refractivity contribution in [2.75, 3.05) is 17.6 Å². The van der Waals surface area contributed by atoms with Crippen molar-refractivity contribution in [1.82, 2.24) is 5.32 Å². The lowest BCUT2D eigenvalue weighted by atomic mass is 10.2. The van der Waals surface area contributed by atoms with Crippen LogP contribution >= 0.6 is 22.9 Å². The zero-order valence-electron chi connectivity index (χ0n) is 15.8. The molecule has 0 unspecified atom stereocenters. The van der Waals surface area contributed by atoms with E-state index in [0.717, 1.165) is 0 Å². The van der Waals surface area contributed by atoms with E-state index in [2.05, 4.69) is 10.6 Å². The van der Waals surface area contributed by atoms with Gasteiger partial charge in [-0.05, 0) is 48.2 Å². The summed E-state index contributed by atoms with van der Waals surface area (Å²) in [5.74, 6) is -0.758. The van der Waals surface area contributed by atoms with Crippen LogP contribution in [0.4, 0.5) is 5.69 Å². The summed E-state index contributed by atoms with van der Waals surface area (Å²) in [6.45, 7) is 0.199. The van der Waals surface area contributed by atoms with Gasteiger partial charge in [0.05, 0.1) is 26.2 Å². The van der Waals surface area contributed by atoms with Gasteiger partial charge in [-0.15, -0.1) is 11.3 Å². The monoisotopic (exact) mass is 462 g/mol. The summed E-state index contributed by atoms with van der Waals surface area (Å²) < 4.78 is 24.5. The molecule has 30 heavy (non-hydrogen) atoms. The summed E-state index contributed by atoms with van der Waals surface area (Å²) in [6, 6.07) is 16.2. The molecule has 3 aromatic rings. The molecule has 6 nitrogen and oxygen atoms in total. The fraction of sp³-hybridized carbons (Fsp3) is 0.143. The molecule has 0 atom stereocenters. The molecule has 9 heteroatoms. The summed E-state index contributed by atoms with van der Waals surface area (Å²) in [4.78, 5) is 25.4. The Morgan fingerprint density at radius 3 is 2.43 bits per heavy atom. The van der Waals surface area contributed by atoms with Crippen LogP contribution in [0.15, 0.2) is 70.9 Å². The van der Waals surface area contributed by atoms with E-state index in [1.165, 1.54) is 23.5 Å². The maximum atomic E-state index is 12.4. The number of amides is 2. The van der Waals surface area contributed by atoms with Crippen LogP contribution in [0.1, 0.15) is 26.5 Å². The Kier molecular flexibility index (Phi) is 7.25. The Hall–Kier alpha value is -2.68. The summed E-state index contributed by atoms with van der Waals surface area (Å²) in [6.07, 6.45) is 0.276. The van der Waals surface area contributed by atoms with E-state index >= 15 is 0 Å². The van der Waals surface area contributed by atoms with E-state index in [1.54, 1.807) is 53.9 Å². The van der Waals surface area contributed by atoms with Gasteiger partial charge in [-0.25, -0.2) is 8.42 Å². The molecule has 3 rings (SSSR count). The number of nitrogens with one attached hydrogen (secondary N) is 2. The van der Waals surface area contributed by atoms with Gasteiger partial charge in [-0.1, -0.05) is 35.9 Å². The van der Waals surface area contributed by atoms with Crippen molar-refractivity contribution in [2.24, 2.45) is 0 Å². The number of carbonyl (C=O) groups excluding carboxylic acids is 2. The Balaban J connectivity index is 1.56. The van der Waals surface area contributed by atoms with Crippen LogP contribution in [-0.4, -0.2) is 32.5 Å². The first-order chi connectivity index (χ1) is 14.4. The van der Waals surface area contributed by atoms with Crippen LogP contribution in [-0.2, 0) is 9.84 Å². The molecule has 2 aromatic carbocycles. The van der Waals surface area contributed by atoms with Gasteiger partial charge < -0.3 is 10.6 Å². The zero-order valence-corrected chi connectivity index (χ0v) is 18.2. The van der Waals surface area contributed by atoms with Crippen LogP contribution in [0.2, 0.25) is 5.02 Å². The number of rotatable bonds is 8. The van der Waals surface area contributed by atoms with E-state index in [9.17, 15) is 18.0 Å². The smallest absolute Gasteiger partial charge is 0.265 e. The van der Waals surface area contributed by atoms with Gasteiger partial charge in [-0.2, -0.15) is 0 Å². The molecule has 0 saturated carbocycles. The fourth-order valence-corrected chi connectivity index (χ4v) is 4.78. The van der Waals surface area contributed by atoms with Crippen molar-refractivity contribution < 1.29 is 18.0 Å². The number of sulfone groups is 1. The Morgan fingerprint density at radius 2 is 1.73 bits per heavy atom. The van der Waals surface area contributed by atoms with Crippen LogP contribution in [0.5, 0.6) is 0 Å². The van der Waals surface area contributed by atoms with Crippen LogP contribution in [0.3, 0.4) is 0 Å². The molecule has 156 valence electrons. The molecule has 0 aliphatic rings. The number of hydrogen-bond acceptors (Lipinski definition) is 5. The predicted octanol–water partition coefficient (Wildman–Crippen LogP) is 4.25. The molecule has 0 aliphatic heterocycles. The van der Waals surface area contributed by atoms with Gasteiger partial charge in [-0.3, -0.25) is 9.59 Å². The second-order valence-corrected chi connectivity index (χ2v) is 9.83. The summed E-state index contributed by atoms with van der Waals surface area (Å²) >= 11 is 7.43. The third-order valence-electron chi connectivity index (χ3n) is 4.20. The molecule has 0 saturated heterocycles. The summed E-state index contributed by atoms with van der Waals surface area (Å²) in [5, 5.41) is 7.49. The lowest BCUT2D eigenvalue weighted by molar-refractivity contribution is 0.0952. The van der Waals surface area contributed by atoms with Crippen molar-refractivity contribution in [3.63, 3.8) is 0 Å². The molecule has 2 amide bonds. The number of carbonyl (C=O) groups is 2. The average Bonchev–Trinajstić information content (AvgIpc) is 3.28. The van der Waals surface area contributed by atoms with Gasteiger partial charge in [0, 0.05) is 12.1 Å². The molecular weight excluding hydrogens is 444 g/mol. The third-order valence-corrected chi connectivity index (χ3v) is 7.21. The third kappa shape index (κ3) is 5.69. The minimum atomic E-state index is -3.39. The van der Waals surface area contributed by atoms with E-state index in [1.807, 2.05) is 0 Å². The Bertz CT molecular complexity index is 1130. The van der Waals surface area contributed by atoms with Crippen LogP contribution in [0.25, 0.3) is 0 Å². The van der Waals surface area contributed by atoms with Gasteiger partial charge in [0.25, 0.3) is 11.8 Å². The number of hydrogen-bond donors (Lipinski definition) is 2. The highest BCUT2D eigenvalue weighted by Gasteiger charge is 2.15. The normalized spacial score (nSPS) is 11.1. The molecule has 0 bridgehead atoms. The summed E-state index contributed by atoms with van der Waals surface area (Å²) in [5.41, 5.74) is 0.640. The Labute approximate surface area is 183 Å². The highest BCUT2D eigenvalue weighted by Crippen LogP contribution is 2.24. The van der Waals surface area contributed by atoms with Gasteiger partial charge in [0.1, 0.15) is 0 Å². The molecule has 2 N–H and O–H groups in total. The van der Waals surface area contributed by atoms with Gasteiger partial charge >= 0.3 is 0 Å². The molecule has 0 spiro atoms. The van der Waals surface area contributed by atoms with E-state index in [4.69, 9.17) is 11.6 Å². The lowest BCUT2D eigenvalue weighted by Crippen LogP contribution is -2.26. The zero-order chi connectivity index (χ0) is 21.6. The van der Waals surface area contributed by atoms with Crippen molar-refractivity contribution in [2.45, 2.75) is 11.3 Å². The second-order valence-electron chi connectivity index (χ2n) is 6.37. The highest BCUT2D eigenvalue weighted by molar-refractivity contribution is 7.91. The second kappa shape index (κ2) is 9.88. The van der Waals surface area contributed by atoms with Crippen molar-refractivity contribution in [3.8, 4) is 0 Å². The van der Waals surface area contributed by atoms with Crippen LogP contribution < -0.4 is 10.6 Å². The van der Waals surface area contributed by atoms with Crippen molar-refractivity contribution in [1.29, 1.82) is 0 Å². The maximum Gasteiger partial charge on any atom is 0.265 e. The molecular formula is C21H19ClN2O4S2. The number of thiophene rings is 1. The minimum absolute atomic E-state index is 0.0694. The molecule has 0 aliphatic carbocycles. The van der Waals surface area contributed by atoms with Crippen molar-refractivity contribution >= 4 is 50.3 Å². The quantitative estimate of drug-likeness (QED) is 0.489. The number of anilines is 1. The van der Waals surface area contributed by atoms with Crippen molar-refractivity contribution in [3.05, 3.63) is 81.5 Å². The van der Waals surface area contributed by atoms with E-state index < -0.39 is 9.84 Å². The van der Waals surface area contributed by atoms with Crippen LogP contribution in [0, 0.1) is 0 Å². The highest BCUT2D eigenvalue weighted by atomic mass is 35.5. The van der Waals surface area contributed by atoms with Gasteiger partial charge in [0.2, 0.25) is 0 Å². The minimum Gasteiger partial charge on any atom is -0.352 e. The number of halogens is 1. The SMILES string of the molecule is O=C(NCCCS(=O)(=O)c1ccccc1)c1ccc(Cl)c(NC(=O)c2cccs2)c1. The summed E-state index contributed by atoms with van der Waals surface area (Å²) in [7, 11) is -3.39. The first kappa shape index (κ1) is 22.0. The average molecular weight is 463 g/mol. The van der Waals surface area contributed by atoms with E-state index in [-0.39, 0.29) is 35.4 Å². The standard InChI is InChI=1S/C21H19ClN2O4S2/c22-17-10-9-15(14-18(17)24-21(26)19-8-4-12-29-19)20(25)23-11-5-13-30(27,28)16-6-2-1-3-7-16/h1-4,6-10,12,14H,5,11,13H2,(H,23,25)(H,24,26). The van der Waals surface area contributed by atoms with Gasteiger partial charge in [0.15, 0.2) is 9.84 Å². The first-order valence-corrected chi connectivity index (χ1v) is 12.0. The topological polar surface area (TPSA) is 92.3 Å². The molecule has 1 heterocycles. The Morgan fingerprint density at radius 1 is 0.967 bits per heavy atom. The lowest BCUT2D eigenvalue weighted by Gasteiger charge is -2.10. The fourth-order valence-electron chi connectivity index (χ4n) is 2.67. The largest absolute Gasteiger partial charge is 0.352 e.